The highest BCUT2D eigenvalue weighted by Gasteiger charge is 2.16. The van der Waals surface area contributed by atoms with Gasteiger partial charge in [-0.25, -0.2) is 9.37 Å². The second-order valence-electron chi connectivity index (χ2n) is 6.15. The van der Waals surface area contributed by atoms with E-state index < -0.39 is 0 Å². The molecule has 148 valence electrons. The van der Waals surface area contributed by atoms with Crippen LogP contribution in [0.4, 0.5) is 9.52 Å². The summed E-state index contributed by atoms with van der Waals surface area (Å²) < 4.78 is 25.0. The smallest absolute Gasteiger partial charge is 0.206 e. The predicted molar refractivity (Wildman–Crippen MR) is 110 cm³/mol. The number of rotatable bonds is 9. The Hall–Kier alpha value is -1.75. The predicted octanol–water partition coefficient (Wildman–Crippen LogP) is 4.60. The first-order valence-corrected chi connectivity index (χ1v) is 11.6. The number of halogens is 1. The Morgan fingerprint density at radius 2 is 2.18 bits per heavy atom. The molecule has 28 heavy (non-hydrogen) atoms. The topological polar surface area (TPSA) is 69.2 Å². The first kappa shape index (κ1) is 19.6. The molecular weight excluding hydrogens is 419 g/mol. The molecule has 10 heteroatoms. The van der Waals surface area contributed by atoms with E-state index in [9.17, 15) is 4.39 Å². The number of benzene rings is 1. The summed E-state index contributed by atoms with van der Waals surface area (Å²) in [7, 11) is 0. The van der Waals surface area contributed by atoms with Crippen molar-refractivity contribution >= 4 is 39.6 Å². The Kier molecular flexibility index (Phi) is 6.73. The summed E-state index contributed by atoms with van der Waals surface area (Å²) in [5.74, 6) is 1.08. The van der Waals surface area contributed by atoms with Crippen LogP contribution in [0.1, 0.15) is 23.5 Å². The minimum Gasteiger partial charge on any atom is -0.486 e. The zero-order chi connectivity index (χ0) is 19.2. The van der Waals surface area contributed by atoms with Gasteiger partial charge in [-0.05, 0) is 37.1 Å². The number of anilines is 1. The summed E-state index contributed by atoms with van der Waals surface area (Å²) in [6.07, 6.45) is 2.52. The third-order valence-corrected chi connectivity index (χ3v) is 6.95. The van der Waals surface area contributed by atoms with Crippen molar-refractivity contribution in [2.24, 2.45) is 0 Å². The maximum atomic E-state index is 12.9. The molecule has 1 aromatic carbocycles. The van der Waals surface area contributed by atoms with Gasteiger partial charge in [-0.15, -0.1) is 21.5 Å². The van der Waals surface area contributed by atoms with Crippen LogP contribution >= 0.6 is 34.4 Å². The fourth-order valence-electron chi connectivity index (χ4n) is 2.64. The number of aromatic nitrogens is 3. The van der Waals surface area contributed by atoms with Gasteiger partial charge in [0.05, 0.1) is 11.8 Å². The van der Waals surface area contributed by atoms with E-state index in [2.05, 4.69) is 20.5 Å². The van der Waals surface area contributed by atoms with Crippen LogP contribution in [0.15, 0.2) is 34.0 Å². The molecule has 0 aliphatic carbocycles. The molecule has 1 fully saturated rings. The number of thioether (sulfide) groups is 1. The molecule has 0 bridgehead atoms. The largest absolute Gasteiger partial charge is 0.486 e. The fourth-order valence-corrected chi connectivity index (χ4v) is 5.10. The van der Waals surface area contributed by atoms with Crippen LogP contribution in [-0.4, -0.2) is 34.4 Å². The number of thiazole rings is 1. The molecule has 2 aromatic heterocycles. The van der Waals surface area contributed by atoms with Crippen LogP contribution in [-0.2, 0) is 17.1 Å². The van der Waals surface area contributed by atoms with Gasteiger partial charge in [0.1, 0.15) is 23.2 Å². The molecule has 1 aliphatic heterocycles. The Balaban J connectivity index is 1.21. The van der Waals surface area contributed by atoms with Crippen molar-refractivity contribution in [1.82, 2.24) is 15.2 Å². The average molecular weight is 439 g/mol. The van der Waals surface area contributed by atoms with Crippen LogP contribution in [0.2, 0.25) is 0 Å². The number of hydrogen-bond donors (Lipinski definition) is 1. The van der Waals surface area contributed by atoms with E-state index >= 15 is 0 Å². The molecule has 3 aromatic rings. The van der Waals surface area contributed by atoms with E-state index in [1.165, 1.54) is 12.1 Å². The third kappa shape index (κ3) is 5.63. The first-order valence-electron chi connectivity index (χ1n) is 8.88. The molecule has 0 radical (unpaired) electrons. The molecule has 1 atom stereocenters. The molecular formula is C18H19FN4O2S3. The maximum absolute atomic E-state index is 12.9. The molecule has 0 amide bonds. The second-order valence-corrected chi connectivity index (χ2v) is 9.30. The summed E-state index contributed by atoms with van der Waals surface area (Å²) in [6.45, 7) is 2.01. The quantitative estimate of drug-likeness (QED) is 0.490. The molecule has 1 aliphatic rings. The molecule has 6 nitrogen and oxygen atoms in total. The van der Waals surface area contributed by atoms with Crippen LogP contribution in [0.25, 0.3) is 0 Å². The number of nitrogens with zero attached hydrogens (tertiary/aromatic N) is 3. The van der Waals surface area contributed by atoms with Gasteiger partial charge in [0.25, 0.3) is 0 Å². The fraction of sp³-hybridized carbons (Fsp3) is 0.389. The summed E-state index contributed by atoms with van der Waals surface area (Å²) in [6, 6.07) is 5.98. The molecule has 0 spiro atoms. The molecule has 4 rings (SSSR count). The lowest BCUT2D eigenvalue weighted by Crippen LogP contribution is -2.18. The number of nitrogens with one attached hydrogen (secondary N) is 1. The van der Waals surface area contributed by atoms with Crippen molar-refractivity contribution in [3.63, 3.8) is 0 Å². The van der Waals surface area contributed by atoms with Crippen molar-refractivity contribution in [3.05, 3.63) is 46.2 Å². The standard InChI is InChI=1S/C18H19FN4O2S3/c19-12-3-5-14(6-4-12)25-9-16-21-13(10-26-16)11-27-18-23-22-17(28-18)20-8-15-2-1-7-24-15/h3-6,10,15H,1-2,7-9,11H2,(H,20,22). The van der Waals surface area contributed by atoms with Crippen molar-refractivity contribution < 1.29 is 13.9 Å². The van der Waals surface area contributed by atoms with Gasteiger partial charge in [0.2, 0.25) is 5.13 Å². The minimum atomic E-state index is -0.275. The first-order chi connectivity index (χ1) is 13.7. The third-order valence-electron chi connectivity index (χ3n) is 4.03. The van der Waals surface area contributed by atoms with Gasteiger partial charge in [-0.1, -0.05) is 23.1 Å². The zero-order valence-electron chi connectivity index (χ0n) is 15.0. The van der Waals surface area contributed by atoms with Crippen molar-refractivity contribution in [3.8, 4) is 5.75 Å². The Morgan fingerprint density at radius 3 is 3.00 bits per heavy atom. The zero-order valence-corrected chi connectivity index (χ0v) is 17.4. The highest BCUT2D eigenvalue weighted by molar-refractivity contribution is 8.00. The van der Waals surface area contributed by atoms with Gasteiger partial charge in [0, 0.05) is 24.3 Å². The van der Waals surface area contributed by atoms with Crippen LogP contribution in [0.3, 0.4) is 0 Å². The Labute approximate surface area is 174 Å². The summed E-state index contributed by atoms with van der Waals surface area (Å²) in [5.41, 5.74) is 0.983. The van der Waals surface area contributed by atoms with E-state index in [0.717, 1.165) is 51.9 Å². The monoisotopic (exact) mass is 438 g/mol. The SMILES string of the molecule is Fc1ccc(OCc2nc(CSc3nnc(NCC4CCCO4)s3)cs2)cc1. The molecule has 1 unspecified atom stereocenters. The maximum Gasteiger partial charge on any atom is 0.206 e. The van der Waals surface area contributed by atoms with Gasteiger partial charge in [-0.3, -0.25) is 0 Å². The van der Waals surface area contributed by atoms with Crippen LogP contribution < -0.4 is 10.1 Å². The highest BCUT2D eigenvalue weighted by atomic mass is 32.2. The molecule has 1 saturated heterocycles. The van der Waals surface area contributed by atoms with Gasteiger partial charge < -0.3 is 14.8 Å². The highest BCUT2D eigenvalue weighted by Crippen LogP contribution is 2.29. The van der Waals surface area contributed by atoms with E-state index in [1.807, 2.05) is 5.38 Å². The van der Waals surface area contributed by atoms with Gasteiger partial charge in [0.15, 0.2) is 4.34 Å². The molecule has 0 saturated carbocycles. The lowest BCUT2D eigenvalue weighted by Gasteiger charge is -2.08. The average Bonchev–Trinajstić information content (AvgIpc) is 3.46. The molecule has 1 N–H and O–H groups in total. The minimum absolute atomic E-state index is 0.275. The summed E-state index contributed by atoms with van der Waals surface area (Å²) in [5, 5.41) is 15.4. The number of ether oxygens (including phenoxy) is 2. The normalized spacial score (nSPS) is 16.4. The van der Waals surface area contributed by atoms with E-state index in [1.54, 1.807) is 46.6 Å². The summed E-state index contributed by atoms with van der Waals surface area (Å²) in [4.78, 5) is 4.58. The second kappa shape index (κ2) is 9.64. The van der Waals surface area contributed by atoms with Crippen molar-refractivity contribution in [2.45, 2.75) is 35.6 Å². The number of hydrogen-bond acceptors (Lipinski definition) is 9. The summed E-state index contributed by atoms with van der Waals surface area (Å²) >= 11 is 4.71. The molecule has 3 heterocycles. The lowest BCUT2D eigenvalue weighted by molar-refractivity contribution is 0.120. The van der Waals surface area contributed by atoms with Crippen molar-refractivity contribution in [2.75, 3.05) is 18.5 Å². The van der Waals surface area contributed by atoms with E-state index in [-0.39, 0.29) is 11.9 Å². The Bertz CT molecular complexity index is 881. The van der Waals surface area contributed by atoms with Crippen molar-refractivity contribution in [1.29, 1.82) is 0 Å². The van der Waals surface area contributed by atoms with Gasteiger partial charge >= 0.3 is 0 Å². The van der Waals surface area contributed by atoms with E-state index in [4.69, 9.17) is 9.47 Å². The van der Waals surface area contributed by atoms with E-state index in [0.29, 0.717) is 12.4 Å². The van der Waals surface area contributed by atoms with Crippen LogP contribution in [0, 0.1) is 5.82 Å². The Morgan fingerprint density at radius 1 is 1.29 bits per heavy atom. The van der Waals surface area contributed by atoms with Gasteiger partial charge in [-0.2, -0.15) is 0 Å². The lowest BCUT2D eigenvalue weighted by atomic mass is 10.2. The van der Waals surface area contributed by atoms with Crippen LogP contribution in [0.5, 0.6) is 5.75 Å².